The molecule has 0 bridgehead atoms. The van der Waals surface area contributed by atoms with Crippen LogP contribution in [0.15, 0.2) is 59.8 Å². The lowest BCUT2D eigenvalue weighted by molar-refractivity contribution is 0.103. The molecule has 1 aromatic heterocycles. The van der Waals surface area contributed by atoms with Gasteiger partial charge in [0.2, 0.25) is 0 Å². The third kappa shape index (κ3) is 2.35. The molecule has 0 saturated heterocycles. The Morgan fingerprint density at radius 2 is 1.52 bits per heavy atom. The molecule has 3 aromatic rings. The molecule has 146 valence electrons. The molecule has 0 aliphatic heterocycles. The van der Waals surface area contributed by atoms with Gasteiger partial charge >= 0.3 is 0 Å². The summed E-state index contributed by atoms with van der Waals surface area (Å²) in [5, 5.41) is 19.0. The van der Waals surface area contributed by atoms with Crippen LogP contribution in [0.5, 0.6) is 0 Å². The van der Waals surface area contributed by atoms with E-state index in [9.17, 15) is 28.5 Å². The largest absolute Gasteiger partial charge is 0.288 e. The van der Waals surface area contributed by atoms with Gasteiger partial charge in [-0.1, -0.05) is 30.3 Å². The smallest absolute Gasteiger partial charge is 0.198 e. The van der Waals surface area contributed by atoms with Crippen LogP contribution in [0, 0.1) is 40.1 Å². The summed E-state index contributed by atoms with van der Waals surface area (Å²) in [5.74, 6) is -5.88. The minimum absolute atomic E-state index is 0.156. The zero-order chi connectivity index (χ0) is 21.9. The minimum atomic E-state index is -1.79. The highest BCUT2D eigenvalue weighted by Crippen LogP contribution is 2.51. The zero-order valence-corrected chi connectivity index (χ0v) is 15.5. The first-order valence-corrected chi connectivity index (χ1v) is 9.06. The number of pyridine rings is 1. The van der Waals surface area contributed by atoms with Gasteiger partial charge in [0.15, 0.2) is 23.2 Å². The molecule has 0 spiro atoms. The lowest BCUT2D eigenvalue weighted by Gasteiger charge is -2.09. The number of benzene rings is 2. The quantitative estimate of drug-likeness (QED) is 0.232. The van der Waals surface area contributed by atoms with Crippen molar-refractivity contribution in [3.63, 3.8) is 0 Å². The Balaban J connectivity index is 2.00. The van der Waals surface area contributed by atoms with Gasteiger partial charge in [-0.3, -0.25) is 9.78 Å². The molecule has 5 rings (SSSR count). The number of hydrogen-bond acceptors (Lipinski definition) is 4. The van der Waals surface area contributed by atoms with Crippen molar-refractivity contribution in [2.75, 3.05) is 0 Å². The van der Waals surface area contributed by atoms with Crippen LogP contribution >= 0.6 is 0 Å². The van der Waals surface area contributed by atoms with Gasteiger partial charge < -0.3 is 0 Å². The van der Waals surface area contributed by atoms with Crippen LogP contribution < -0.4 is 0 Å². The Kier molecular flexibility index (Phi) is 3.89. The van der Waals surface area contributed by atoms with Crippen LogP contribution in [0.3, 0.4) is 0 Å². The molecule has 0 radical (unpaired) electrons. The number of allylic oxidation sites excluding steroid dienone is 3. The SMILES string of the molecule is N#CC(C#N)=C1/C(=C2\c3ccccc3-c3ncccc32)C(=O)c2c1cc(F)c(F)c2F. The molecule has 0 atom stereocenters. The van der Waals surface area contributed by atoms with Gasteiger partial charge in [-0.15, -0.1) is 0 Å². The number of ketones is 1. The third-order valence-corrected chi connectivity index (χ3v) is 5.39. The number of carbonyl (C=O) groups is 1. The van der Waals surface area contributed by atoms with Crippen molar-refractivity contribution in [1.29, 1.82) is 10.5 Å². The summed E-state index contributed by atoms with van der Waals surface area (Å²) >= 11 is 0. The average molecular weight is 411 g/mol. The van der Waals surface area contributed by atoms with Crippen LogP contribution in [-0.2, 0) is 0 Å². The molecule has 31 heavy (non-hydrogen) atoms. The van der Waals surface area contributed by atoms with Gasteiger partial charge in [-0.05, 0) is 17.7 Å². The molecule has 0 amide bonds. The second-order valence-corrected chi connectivity index (χ2v) is 6.91. The van der Waals surface area contributed by atoms with Gasteiger partial charge in [0.05, 0.1) is 11.3 Å². The van der Waals surface area contributed by atoms with Crippen molar-refractivity contribution in [3.8, 4) is 23.4 Å². The number of hydrogen-bond donors (Lipinski definition) is 0. The van der Waals surface area contributed by atoms with Crippen molar-refractivity contribution < 1.29 is 18.0 Å². The Morgan fingerprint density at radius 1 is 0.839 bits per heavy atom. The van der Waals surface area contributed by atoms with Crippen LogP contribution in [0.1, 0.15) is 27.0 Å². The first-order valence-electron chi connectivity index (χ1n) is 9.06. The second-order valence-electron chi connectivity index (χ2n) is 6.91. The maximum Gasteiger partial charge on any atom is 0.198 e. The highest BCUT2D eigenvalue weighted by Gasteiger charge is 2.41. The number of halogens is 3. The van der Waals surface area contributed by atoms with E-state index in [-0.39, 0.29) is 16.7 Å². The molecular weight excluding hydrogens is 403 g/mol. The van der Waals surface area contributed by atoms with Crippen molar-refractivity contribution in [1.82, 2.24) is 4.98 Å². The maximum absolute atomic E-state index is 14.7. The maximum atomic E-state index is 14.7. The Morgan fingerprint density at radius 3 is 2.23 bits per heavy atom. The van der Waals surface area contributed by atoms with Crippen molar-refractivity contribution in [3.05, 3.63) is 99.5 Å². The fourth-order valence-corrected chi connectivity index (χ4v) is 4.17. The van der Waals surface area contributed by atoms with Crippen LogP contribution in [0.2, 0.25) is 0 Å². The van der Waals surface area contributed by atoms with E-state index in [0.717, 1.165) is 0 Å². The van der Waals surface area contributed by atoms with E-state index in [2.05, 4.69) is 4.98 Å². The number of nitriles is 2. The fourth-order valence-electron chi connectivity index (χ4n) is 4.17. The topological polar surface area (TPSA) is 77.5 Å². The fraction of sp³-hybridized carbons (Fsp3) is 0. The summed E-state index contributed by atoms with van der Waals surface area (Å²) in [5.41, 5.74) is 0.823. The summed E-state index contributed by atoms with van der Waals surface area (Å²) < 4.78 is 42.7. The number of carbonyl (C=O) groups excluding carboxylic acids is 1. The standard InChI is InChI=1S/C24H8F3N3O/c25-16-8-15-17(11(9-28)10-29)20(24(31)19(15)22(27)21(16)26)18-12-4-1-2-5-13(12)23-14(18)6-3-7-30-23/h1-8H/b20-18-. The molecule has 1 heterocycles. The minimum Gasteiger partial charge on any atom is -0.288 e. The van der Waals surface area contributed by atoms with E-state index in [1.807, 2.05) is 0 Å². The van der Waals surface area contributed by atoms with E-state index < -0.39 is 34.4 Å². The summed E-state index contributed by atoms with van der Waals surface area (Å²) in [6.07, 6.45) is 1.57. The highest BCUT2D eigenvalue weighted by molar-refractivity contribution is 6.33. The molecule has 2 aliphatic rings. The first kappa shape index (κ1) is 18.5. The molecule has 2 aliphatic carbocycles. The summed E-state index contributed by atoms with van der Waals surface area (Å²) in [4.78, 5) is 17.7. The molecule has 0 fully saturated rings. The Labute approximate surface area is 173 Å². The van der Waals surface area contributed by atoms with Gasteiger partial charge in [-0.2, -0.15) is 10.5 Å². The average Bonchev–Trinajstić information content (AvgIpc) is 3.25. The molecule has 4 nitrogen and oxygen atoms in total. The van der Waals surface area contributed by atoms with Crippen LogP contribution in [0.4, 0.5) is 13.2 Å². The molecule has 0 saturated carbocycles. The summed E-state index contributed by atoms with van der Waals surface area (Å²) in [6, 6.07) is 14.4. The summed E-state index contributed by atoms with van der Waals surface area (Å²) in [7, 11) is 0. The lowest BCUT2D eigenvalue weighted by Crippen LogP contribution is -2.04. The molecular formula is C24H8F3N3O. The normalized spacial score (nSPS) is 15.8. The predicted octanol–water partition coefficient (Wildman–Crippen LogP) is 4.98. The number of nitrogens with zero attached hydrogens (tertiary/aromatic N) is 3. The first-order chi connectivity index (χ1) is 15.0. The van der Waals surface area contributed by atoms with E-state index in [1.54, 1.807) is 54.7 Å². The van der Waals surface area contributed by atoms with Gasteiger partial charge in [0, 0.05) is 39.6 Å². The van der Waals surface area contributed by atoms with E-state index in [0.29, 0.717) is 34.0 Å². The second kappa shape index (κ2) is 6.51. The van der Waals surface area contributed by atoms with Crippen molar-refractivity contribution in [2.45, 2.75) is 0 Å². The summed E-state index contributed by atoms with van der Waals surface area (Å²) in [6.45, 7) is 0. The number of fused-ring (bicyclic) bond motifs is 4. The highest BCUT2D eigenvalue weighted by atomic mass is 19.2. The van der Waals surface area contributed by atoms with Gasteiger partial charge in [0.25, 0.3) is 0 Å². The van der Waals surface area contributed by atoms with E-state index in [4.69, 9.17) is 0 Å². The van der Waals surface area contributed by atoms with E-state index >= 15 is 0 Å². The van der Waals surface area contributed by atoms with Crippen LogP contribution in [-0.4, -0.2) is 10.8 Å². The number of rotatable bonds is 0. The predicted molar refractivity (Wildman–Crippen MR) is 104 cm³/mol. The molecule has 0 unspecified atom stereocenters. The van der Waals surface area contributed by atoms with Crippen molar-refractivity contribution >= 4 is 16.9 Å². The third-order valence-electron chi connectivity index (χ3n) is 5.39. The molecule has 2 aromatic carbocycles. The lowest BCUT2D eigenvalue weighted by atomic mass is 9.91. The molecule has 7 heteroatoms. The Hall–Kier alpha value is -4.49. The number of aromatic nitrogens is 1. The number of Topliss-reactive ketones (excluding diaryl/α,β-unsaturated/α-hetero) is 1. The van der Waals surface area contributed by atoms with Crippen molar-refractivity contribution in [2.24, 2.45) is 0 Å². The van der Waals surface area contributed by atoms with E-state index in [1.165, 1.54) is 0 Å². The van der Waals surface area contributed by atoms with Gasteiger partial charge in [0.1, 0.15) is 17.7 Å². The van der Waals surface area contributed by atoms with Gasteiger partial charge in [-0.25, -0.2) is 13.2 Å². The molecule has 0 N–H and O–H groups in total. The Bertz CT molecular complexity index is 1440. The zero-order valence-electron chi connectivity index (χ0n) is 15.5. The monoisotopic (exact) mass is 411 g/mol. The van der Waals surface area contributed by atoms with Crippen LogP contribution in [0.25, 0.3) is 22.4 Å².